The van der Waals surface area contributed by atoms with Crippen molar-refractivity contribution in [2.24, 2.45) is 0 Å². The molecule has 2 atom stereocenters. The molecule has 2 aromatic rings. The maximum Gasteiger partial charge on any atom is 0.490 e. The summed E-state index contributed by atoms with van der Waals surface area (Å²) in [6.45, 7) is 6.54. The topological polar surface area (TPSA) is 122 Å². The first-order valence-corrected chi connectivity index (χ1v) is 12.4. The number of thiazole rings is 1. The lowest BCUT2D eigenvalue weighted by molar-refractivity contribution is -0.193. The van der Waals surface area contributed by atoms with Crippen LogP contribution in [0.5, 0.6) is 0 Å². The molecule has 218 valence electrons. The number of ether oxygens (including phenoxy) is 2. The second-order valence-corrected chi connectivity index (χ2v) is 9.71. The van der Waals surface area contributed by atoms with Crippen molar-refractivity contribution in [3.8, 4) is 0 Å². The van der Waals surface area contributed by atoms with E-state index in [9.17, 15) is 26.3 Å². The van der Waals surface area contributed by atoms with Gasteiger partial charge in [0.1, 0.15) is 0 Å². The van der Waals surface area contributed by atoms with Crippen LogP contribution in [0.2, 0.25) is 0 Å². The molecule has 0 amide bonds. The Labute approximate surface area is 223 Å². The number of aryl methyl sites for hydroxylation is 1. The molecule has 16 heteroatoms. The standard InChI is InChI=1S/C19H25N3O2S.2C2HF3O2/c1-15-18(25-14-21-15)10-22-7-3-5-19(13-22)8-17(12-24-19)23-11-16-4-2-6-20-9-16;2*3-2(4,5)1(6)7/h2,4,6,9,14,17H,3,5,7-8,10-13H2,1H3;2*(H,6,7)/t17-,19+;;/m1../s1. The number of alkyl halides is 6. The van der Waals surface area contributed by atoms with Crippen LogP contribution in [0, 0.1) is 6.92 Å². The molecule has 9 nitrogen and oxygen atoms in total. The highest BCUT2D eigenvalue weighted by Gasteiger charge is 2.44. The van der Waals surface area contributed by atoms with Crippen LogP contribution in [0.4, 0.5) is 26.3 Å². The van der Waals surface area contributed by atoms with E-state index in [1.165, 1.54) is 11.3 Å². The molecule has 0 aliphatic carbocycles. The number of hydrogen-bond acceptors (Lipinski definition) is 8. The van der Waals surface area contributed by atoms with E-state index >= 15 is 0 Å². The molecule has 2 N–H and O–H groups in total. The van der Waals surface area contributed by atoms with Gasteiger partial charge in [-0.25, -0.2) is 14.6 Å². The fraction of sp³-hybridized carbons (Fsp3) is 0.565. The molecule has 0 bridgehead atoms. The van der Waals surface area contributed by atoms with Gasteiger partial charge in [0.15, 0.2) is 0 Å². The molecular weight excluding hydrogens is 560 g/mol. The number of nitrogens with zero attached hydrogens (tertiary/aromatic N) is 3. The molecule has 2 aliphatic heterocycles. The van der Waals surface area contributed by atoms with Crippen LogP contribution in [0.15, 0.2) is 30.0 Å². The zero-order valence-corrected chi connectivity index (χ0v) is 21.5. The summed E-state index contributed by atoms with van der Waals surface area (Å²) in [6, 6.07) is 4.00. The molecule has 0 saturated carbocycles. The van der Waals surface area contributed by atoms with Gasteiger partial charge in [-0.15, -0.1) is 11.3 Å². The molecule has 0 aromatic carbocycles. The smallest absolute Gasteiger partial charge is 0.475 e. The summed E-state index contributed by atoms with van der Waals surface area (Å²) in [7, 11) is 0. The highest BCUT2D eigenvalue weighted by molar-refractivity contribution is 7.09. The Morgan fingerprint density at radius 3 is 2.36 bits per heavy atom. The third-order valence-corrected chi connectivity index (χ3v) is 6.62. The lowest BCUT2D eigenvalue weighted by Gasteiger charge is -2.39. The van der Waals surface area contributed by atoms with Gasteiger partial charge in [0.2, 0.25) is 0 Å². The van der Waals surface area contributed by atoms with Crippen LogP contribution in [0.25, 0.3) is 0 Å². The molecule has 2 saturated heterocycles. The van der Waals surface area contributed by atoms with Gasteiger partial charge in [-0.3, -0.25) is 9.88 Å². The first-order valence-electron chi connectivity index (χ1n) is 11.5. The normalized spacial score (nSPS) is 21.5. The van der Waals surface area contributed by atoms with Gasteiger partial charge in [-0.05, 0) is 37.9 Å². The van der Waals surface area contributed by atoms with Crippen LogP contribution < -0.4 is 0 Å². The Morgan fingerprint density at radius 2 is 1.85 bits per heavy atom. The number of carboxylic acid groups (broad SMARTS) is 2. The fourth-order valence-corrected chi connectivity index (χ4v) is 4.72. The highest BCUT2D eigenvalue weighted by Crippen LogP contribution is 2.36. The second kappa shape index (κ2) is 14.0. The van der Waals surface area contributed by atoms with Crippen molar-refractivity contribution in [3.63, 3.8) is 0 Å². The molecule has 2 aliphatic rings. The number of likely N-dealkylation sites (tertiary alicyclic amines) is 1. The molecule has 39 heavy (non-hydrogen) atoms. The Balaban J connectivity index is 0.000000317. The number of halogens is 6. The van der Waals surface area contributed by atoms with E-state index < -0.39 is 24.3 Å². The molecule has 2 aromatic heterocycles. The summed E-state index contributed by atoms with van der Waals surface area (Å²) < 4.78 is 75.8. The van der Waals surface area contributed by atoms with Gasteiger partial charge < -0.3 is 19.7 Å². The SMILES string of the molecule is Cc1ncsc1CN1CCC[C@]2(C[C@@H](OCc3cccnc3)CO2)C1.O=C(O)C(F)(F)F.O=C(O)C(F)(F)F. The quantitative estimate of drug-likeness (QED) is 0.489. The van der Waals surface area contributed by atoms with Gasteiger partial charge in [-0.2, -0.15) is 26.3 Å². The predicted molar refractivity (Wildman–Crippen MR) is 125 cm³/mol. The van der Waals surface area contributed by atoms with E-state index in [2.05, 4.69) is 27.9 Å². The van der Waals surface area contributed by atoms with E-state index in [-0.39, 0.29) is 11.7 Å². The van der Waals surface area contributed by atoms with E-state index in [1.54, 1.807) is 17.5 Å². The third-order valence-electron chi connectivity index (χ3n) is 5.70. The first kappa shape index (κ1) is 32.4. The van der Waals surface area contributed by atoms with E-state index in [0.29, 0.717) is 13.2 Å². The fourth-order valence-electron chi connectivity index (χ4n) is 3.90. The van der Waals surface area contributed by atoms with E-state index in [1.807, 2.05) is 17.8 Å². The monoisotopic (exact) mass is 587 g/mol. The number of aromatic nitrogens is 2. The minimum Gasteiger partial charge on any atom is -0.475 e. The van der Waals surface area contributed by atoms with Crippen molar-refractivity contribution < 1.29 is 55.6 Å². The second-order valence-electron chi connectivity index (χ2n) is 8.77. The first-order chi connectivity index (χ1) is 18.1. The summed E-state index contributed by atoms with van der Waals surface area (Å²) >= 11 is 1.76. The minimum atomic E-state index is -5.08. The summed E-state index contributed by atoms with van der Waals surface area (Å²) in [4.78, 5) is 30.2. The lowest BCUT2D eigenvalue weighted by Crippen LogP contribution is -2.47. The molecular formula is C23H27F6N3O6S. The van der Waals surface area contributed by atoms with E-state index in [4.69, 9.17) is 29.3 Å². The number of aliphatic carboxylic acids is 2. The molecule has 4 rings (SSSR count). The Hall–Kier alpha value is -2.82. The van der Waals surface area contributed by atoms with Crippen molar-refractivity contribution in [2.45, 2.75) is 63.4 Å². The van der Waals surface area contributed by atoms with Crippen LogP contribution in [0.1, 0.15) is 35.4 Å². The van der Waals surface area contributed by atoms with Gasteiger partial charge >= 0.3 is 24.3 Å². The van der Waals surface area contributed by atoms with Crippen molar-refractivity contribution in [3.05, 3.63) is 46.2 Å². The lowest BCUT2D eigenvalue weighted by atomic mass is 9.89. The zero-order valence-electron chi connectivity index (χ0n) is 20.7. The third kappa shape index (κ3) is 11.1. The number of carbonyl (C=O) groups is 2. The summed E-state index contributed by atoms with van der Waals surface area (Å²) in [6.07, 6.45) is -3.01. The molecule has 4 heterocycles. The highest BCUT2D eigenvalue weighted by atomic mass is 32.1. The van der Waals surface area contributed by atoms with Gasteiger partial charge in [0.25, 0.3) is 0 Å². The van der Waals surface area contributed by atoms with Crippen molar-refractivity contribution >= 4 is 23.3 Å². The average molecular weight is 588 g/mol. The zero-order chi connectivity index (χ0) is 29.3. The van der Waals surface area contributed by atoms with Gasteiger partial charge in [0, 0.05) is 36.8 Å². The predicted octanol–water partition coefficient (Wildman–Crippen LogP) is 4.45. The van der Waals surface area contributed by atoms with Gasteiger partial charge in [-0.1, -0.05) is 6.07 Å². The maximum absolute atomic E-state index is 10.6. The Morgan fingerprint density at radius 1 is 1.21 bits per heavy atom. The summed E-state index contributed by atoms with van der Waals surface area (Å²) in [5.41, 5.74) is 4.19. The Bertz CT molecular complexity index is 1040. The number of carboxylic acids is 2. The summed E-state index contributed by atoms with van der Waals surface area (Å²) in [5.74, 6) is -5.51. The number of rotatable bonds is 5. The molecule has 0 unspecified atom stereocenters. The number of hydrogen-bond donors (Lipinski definition) is 2. The van der Waals surface area contributed by atoms with Gasteiger partial charge in [0.05, 0.1) is 36.1 Å². The van der Waals surface area contributed by atoms with Crippen LogP contribution in [-0.4, -0.2) is 80.8 Å². The van der Waals surface area contributed by atoms with Crippen molar-refractivity contribution in [1.29, 1.82) is 0 Å². The van der Waals surface area contributed by atoms with Crippen molar-refractivity contribution in [1.82, 2.24) is 14.9 Å². The van der Waals surface area contributed by atoms with Crippen LogP contribution in [-0.2, 0) is 32.2 Å². The minimum absolute atomic E-state index is 0.0313. The maximum atomic E-state index is 10.6. The summed E-state index contributed by atoms with van der Waals surface area (Å²) in [5, 5.41) is 14.2. The van der Waals surface area contributed by atoms with E-state index in [0.717, 1.165) is 43.7 Å². The molecule has 0 radical (unpaired) electrons. The average Bonchev–Trinajstić information content (AvgIpc) is 3.43. The molecule has 1 spiro atoms. The van der Waals surface area contributed by atoms with Crippen LogP contribution >= 0.6 is 11.3 Å². The number of pyridine rings is 1. The Kier molecular flexibility index (Phi) is 11.6. The van der Waals surface area contributed by atoms with Crippen LogP contribution in [0.3, 0.4) is 0 Å². The molecule has 2 fully saturated rings. The largest absolute Gasteiger partial charge is 0.490 e. The van der Waals surface area contributed by atoms with Crippen molar-refractivity contribution in [2.75, 3.05) is 19.7 Å². The number of piperidine rings is 1.